The first kappa shape index (κ1) is 30.6. The summed E-state index contributed by atoms with van der Waals surface area (Å²) in [6.07, 6.45) is 32.1. The molecule has 4 heterocycles. The van der Waals surface area contributed by atoms with Gasteiger partial charge in [0.05, 0.1) is 6.42 Å². The van der Waals surface area contributed by atoms with E-state index < -0.39 is 0 Å². The minimum Gasteiger partial charge on any atom is -0.205 e. The molecule has 0 amide bonds. The van der Waals surface area contributed by atoms with Gasteiger partial charge in [0, 0.05) is 61.4 Å². The third-order valence-electron chi connectivity index (χ3n) is 8.10. The summed E-state index contributed by atoms with van der Waals surface area (Å²) < 4.78 is 9.21. The van der Waals surface area contributed by atoms with E-state index in [2.05, 4.69) is 130 Å². The van der Waals surface area contributed by atoms with Crippen molar-refractivity contribution in [2.45, 2.75) is 111 Å². The number of aryl methyl sites for hydroxylation is 4. The van der Waals surface area contributed by atoms with Gasteiger partial charge in [-0.15, -0.1) is 0 Å². The van der Waals surface area contributed by atoms with Crippen molar-refractivity contribution in [2.75, 3.05) is 0 Å². The van der Waals surface area contributed by atoms with Crippen molar-refractivity contribution in [3.05, 3.63) is 98.1 Å². The molecule has 0 unspecified atom stereocenters. The molecule has 0 spiro atoms. The molecular formula is C37H52N4+4. The van der Waals surface area contributed by atoms with Crippen LogP contribution in [0.15, 0.2) is 98.1 Å². The molecule has 0 bridgehead atoms. The molecule has 4 aromatic heterocycles. The Balaban J connectivity index is 1.18. The smallest absolute Gasteiger partial charge is 0.169 e. The normalized spacial score (nSPS) is 11.2. The van der Waals surface area contributed by atoms with Gasteiger partial charge < -0.3 is 0 Å². The van der Waals surface area contributed by atoms with Crippen LogP contribution in [0.4, 0.5) is 0 Å². The van der Waals surface area contributed by atoms with Crippen molar-refractivity contribution in [1.29, 1.82) is 0 Å². The fourth-order valence-electron chi connectivity index (χ4n) is 5.43. The Morgan fingerprint density at radius 3 is 0.829 bits per heavy atom. The quantitative estimate of drug-likeness (QED) is 0.0916. The van der Waals surface area contributed by atoms with Crippen molar-refractivity contribution in [3.8, 4) is 22.3 Å². The van der Waals surface area contributed by atoms with E-state index in [4.69, 9.17) is 0 Å². The lowest BCUT2D eigenvalue weighted by atomic mass is 10.1. The molecule has 0 saturated carbocycles. The van der Waals surface area contributed by atoms with Gasteiger partial charge in [-0.05, 0) is 35.1 Å². The Labute approximate surface area is 249 Å². The molecule has 0 radical (unpaired) electrons. The molecule has 0 aliphatic heterocycles. The third-order valence-corrected chi connectivity index (χ3v) is 8.10. The molecule has 0 fully saturated rings. The van der Waals surface area contributed by atoms with Gasteiger partial charge in [0.2, 0.25) is 0 Å². The Morgan fingerprint density at radius 2 is 0.561 bits per heavy atom. The first-order valence-corrected chi connectivity index (χ1v) is 16.2. The minimum atomic E-state index is 1.01. The zero-order valence-corrected chi connectivity index (χ0v) is 25.6. The molecule has 41 heavy (non-hydrogen) atoms. The second-order valence-electron chi connectivity index (χ2n) is 11.5. The molecule has 0 aromatic carbocycles. The second kappa shape index (κ2) is 17.4. The minimum absolute atomic E-state index is 1.01. The highest BCUT2D eigenvalue weighted by Crippen LogP contribution is 2.17. The average Bonchev–Trinajstić information content (AvgIpc) is 3.02. The number of hydrogen-bond donors (Lipinski definition) is 0. The summed E-state index contributed by atoms with van der Waals surface area (Å²) in [6.45, 7) is 8.80. The van der Waals surface area contributed by atoms with Crippen molar-refractivity contribution in [2.24, 2.45) is 0 Å². The number of unbranched alkanes of at least 4 members (excludes halogenated alkanes) is 8. The monoisotopic (exact) mass is 552 g/mol. The number of rotatable bonds is 18. The Kier molecular flexibility index (Phi) is 13.0. The molecule has 4 heteroatoms. The highest BCUT2D eigenvalue weighted by atomic mass is 15.0. The maximum atomic E-state index is 2.31. The van der Waals surface area contributed by atoms with E-state index in [0.29, 0.717) is 0 Å². The molecule has 0 atom stereocenters. The van der Waals surface area contributed by atoms with Gasteiger partial charge in [0.25, 0.3) is 0 Å². The highest BCUT2D eigenvalue weighted by Gasteiger charge is 2.09. The summed E-state index contributed by atoms with van der Waals surface area (Å²) in [5.41, 5.74) is 5.12. The van der Waals surface area contributed by atoms with Crippen molar-refractivity contribution in [3.63, 3.8) is 0 Å². The first-order chi connectivity index (χ1) is 20.2. The van der Waals surface area contributed by atoms with Crippen LogP contribution in [0.3, 0.4) is 0 Å². The largest absolute Gasteiger partial charge is 0.205 e. The Morgan fingerprint density at radius 1 is 0.317 bits per heavy atom. The topological polar surface area (TPSA) is 15.5 Å². The average molecular weight is 553 g/mol. The third kappa shape index (κ3) is 10.5. The van der Waals surface area contributed by atoms with E-state index in [-0.39, 0.29) is 0 Å². The Bertz CT molecular complexity index is 1150. The number of aromatic nitrogens is 4. The predicted octanol–water partition coefficient (Wildman–Crippen LogP) is 7.20. The molecular weight excluding hydrogens is 500 g/mol. The lowest BCUT2D eigenvalue weighted by Crippen LogP contribution is -2.38. The highest BCUT2D eigenvalue weighted by molar-refractivity contribution is 5.61. The summed E-state index contributed by atoms with van der Waals surface area (Å²) in [5, 5.41) is 0. The van der Waals surface area contributed by atoms with Crippen molar-refractivity contribution < 1.29 is 18.3 Å². The standard InChI is InChI=1S/C37H52N4/c1-3-5-7-9-11-22-38-26-14-34(15-27-38)36-18-30-40(31-19-36)24-13-25-41-32-20-37(21-33-41)35-16-28-39(29-17-35)23-12-10-8-6-4-2/h14-21,26-33H,3-13,22-25H2,1-2H3/q+4. The van der Waals surface area contributed by atoms with Gasteiger partial charge in [0.1, 0.15) is 13.1 Å². The van der Waals surface area contributed by atoms with Crippen LogP contribution in [-0.2, 0) is 26.2 Å². The molecule has 0 aliphatic carbocycles. The molecule has 0 N–H and O–H groups in total. The molecule has 4 rings (SSSR count). The van der Waals surface area contributed by atoms with Crippen LogP contribution < -0.4 is 18.3 Å². The SMILES string of the molecule is CCCCCCC[n+]1ccc(-c2cc[n+](CCC[n+]3ccc(-c4cc[n+](CCCCCCC)cc4)cc3)cc2)cc1. The zero-order valence-electron chi connectivity index (χ0n) is 25.6. The summed E-state index contributed by atoms with van der Waals surface area (Å²) in [6, 6.07) is 17.9. The van der Waals surface area contributed by atoms with Gasteiger partial charge in [-0.1, -0.05) is 52.4 Å². The molecule has 4 nitrogen and oxygen atoms in total. The van der Waals surface area contributed by atoms with Crippen molar-refractivity contribution >= 4 is 0 Å². The zero-order chi connectivity index (χ0) is 28.5. The van der Waals surface area contributed by atoms with Crippen LogP contribution in [0.5, 0.6) is 0 Å². The number of pyridine rings is 4. The van der Waals surface area contributed by atoms with Crippen LogP contribution in [0, 0.1) is 0 Å². The first-order valence-electron chi connectivity index (χ1n) is 16.2. The molecule has 0 saturated heterocycles. The van der Waals surface area contributed by atoms with Crippen LogP contribution in [0.2, 0.25) is 0 Å². The van der Waals surface area contributed by atoms with Gasteiger partial charge in [-0.2, -0.15) is 0 Å². The van der Waals surface area contributed by atoms with Crippen LogP contribution in [-0.4, -0.2) is 0 Å². The maximum absolute atomic E-state index is 2.31. The fourth-order valence-corrected chi connectivity index (χ4v) is 5.43. The molecule has 0 aliphatic rings. The van der Waals surface area contributed by atoms with Gasteiger partial charge >= 0.3 is 0 Å². The second-order valence-corrected chi connectivity index (χ2v) is 11.5. The van der Waals surface area contributed by atoms with Crippen LogP contribution in [0.25, 0.3) is 22.3 Å². The molecule has 216 valence electrons. The summed E-state index contributed by atoms with van der Waals surface area (Å²) >= 11 is 0. The lowest BCUT2D eigenvalue weighted by molar-refractivity contribution is -0.726. The lowest BCUT2D eigenvalue weighted by Gasteiger charge is -2.03. The van der Waals surface area contributed by atoms with E-state index in [1.165, 1.54) is 86.5 Å². The number of hydrogen-bond acceptors (Lipinski definition) is 0. The van der Waals surface area contributed by atoms with Crippen LogP contribution in [0.1, 0.15) is 84.5 Å². The summed E-state index contributed by atoms with van der Waals surface area (Å²) in [7, 11) is 0. The number of nitrogens with zero attached hydrogens (tertiary/aromatic N) is 4. The van der Waals surface area contributed by atoms with E-state index >= 15 is 0 Å². The fraction of sp³-hybridized carbons (Fsp3) is 0.459. The summed E-state index contributed by atoms with van der Waals surface area (Å²) in [4.78, 5) is 0. The van der Waals surface area contributed by atoms with Gasteiger partial charge in [0.15, 0.2) is 62.7 Å². The summed E-state index contributed by atoms with van der Waals surface area (Å²) in [5.74, 6) is 0. The Hall–Kier alpha value is -3.40. The van der Waals surface area contributed by atoms with Crippen molar-refractivity contribution in [1.82, 2.24) is 0 Å². The van der Waals surface area contributed by atoms with E-state index in [0.717, 1.165) is 32.6 Å². The maximum Gasteiger partial charge on any atom is 0.169 e. The van der Waals surface area contributed by atoms with Gasteiger partial charge in [-0.25, -0.2) is 18.3 Å². The van der Waals surface area contributed by atoms with E-state index in [1.54, 1.807) is 0 Å². The predicted molar refractivity (Wildman–Crippen MR) is 167 cm³/mol. The van der Waals surface area contributed by atoms with E-state index in [1.807, 2.05) is 0 Å². The van der Waals surface area contributed by atoms with Crippen LogP contribution >= 0.6 is 0 Å². The molecule has 4 aromatic rings. The van der Waals surface area contributed by atoms with Gasteiger partial charge in [-0.3, -0.25) is 0 Å². The van der Waals surface area contributed by atoms with E-state index in [9.17, 15) is 0 Å².